The highest BCUT2D eigenvalue weighted by molar-refractivity contribution is 5.97. The molecule has 0 spiro atoms. The minimum absolute atomic E-state index is 0.0429. The first-order valence-corrected chi connectivity index (χ1v) is 22.1. The molecule has 3 aromatic carbocycles. The Bertz CT molecular complexity index is 1530. The Balaban J connectivity index is 0.000000234. The second kappa shape index (κ2) is 29.2. The monoisotopic (exact) mass is 800 g/mol. The number of benzene rings is 3. The number of hydrogen-bond acceptors (Lipinski definition) is 9. The number of carbonyl (C=O) groups excluding carboxylic acids is 3. The Morgan fingerprint density at radius 3 is 1.41 bits per heavy atom. The lowest BCUT2D eigenvalue weighted by atomic mass is 10.0. The van der Waals surface area contributed by atoms with E-state index in [1.165, 1.54) is 64.7 Å². The van der Waals surface area contributed by atoms with E-state index in [-0.39, 0.29) is 17.5 Å². The molecule has 2 saturated heterocycles. The SMILES string of the molecule is CC(C)C(=O)c1ccc(OCCCN2CCCCC2)cc1.CCC(=O)c1ccc(OCCCN(CC)CC)cc1.O=Cc1ccc(OCCCN2CCCCC2)cc1. The Morgan fingerprint density at radius 1 is 0.603 bits per heavy atom. The van der Waals surface area contributed by atoms with E-state index >= 15 is 0 Å². The van der Waals surface area contributed by atoms with Crippen molar-refractivity contribution in [2.24, 2.45) is 5.92 Å². The Morgan fingerprint density at radius 2 is 1.02 bits per heavy atom. The van der Waals surface area contributed by atoms with Crippen molar-refractivity contribution in [3.8, 4) is 17.2 Å². The van der Waals surface area contributed by atoms with Crippen LogP contribution in [0.2, 0.25) is 0 Å². The van der Waals surface area contributed by atoms with Crippen molar-refractivity contribution in [3.63, 3.8) is 0 Å². The molecular weight excluding hydrogens is 727 g/mol. The Labute approximate surface area is 350 Å². The van der Waals surface area contributed by atoms with E-state index in [2.05, 4.69) is 28.5 Å². The van der Waals surface area contributed by atoms with E-state index < -0.39 is 0 Å². The first-order chi connectivity index (χ1) is 28.3. The molecule has 0 saturated carbocycles. The molecule has 2 fully saturated rings. The zero-order valence-electron chi connectivity index (χ0n) is 36.4. The molecule has 2 aliphatic rings. The van der Waals surface area contributed by atoms with Crippen LogP contribution >= 0.6 is 0 Å². The minimum Gasteiger partial charge on any atom is -0.494 e. The smallest absolute Gasteiger partial charge is 0.165 e. The number of piperidine rings is 2. The maximum atomic E-state index is 11.8. The van der Waals surface area contributed by atoms with Crippen LogP contribution in [0.25, 0.3) is 0 Å². The van der Waals surface area contributed by atoms with Crippen LogP contribution in [0.15, 0.2) is 72.8 Å². The molecule has 3 aromatic rings. The topological polar surface area (TPSA) is 88.6 Å². The molecule has 0 unspecified atom stereocenters. The van der Waals surface area contributed by atoms with Gasteiger partial charge in [-0.25, -0.2) is 0 Å². The van der Waals surface area contributed by atoms with Gasteiger partial charge in [0.2, 0.25) is 0 Å². The number of carbonyl (C=O) groups is 3. The average molecular weight is 800 g/mol. The van der Waals surface area contributed by atoms with Crippen LogP contribution in [0.4, 0.5) is 0 Å². The van der Waals surface area contributed by atoms with Gasteiger partial charge in [-0.15, -0.1) is 0 Å². The summed E-state index contributed by atoms with van der Waals surface area (Å²) in [5, 5.41) is 0. The van der Waals surface area contributed by atoms with Gasteiger partial charge in [-0.1, -0.05) is 47.5 Å². The molecule has 9 nitrogen and oxygen atoms in total. The number of hydrogen-bond donors (Lipinski definition) is 0. The predicted molar refractivity (Wildman–Crippen MR) is 237 cm³/mol. The molecule has 0 aliphatic carbocycles. The summed E-state index contributed by atoms with van der Waals surface area (Å²) >= 11 is 0. The minimum atomic E-state index is 0.0429. The van der Waals surface area contributed by atoms with Crippen molar-refractivity contribution in [1.82, 2.24) is 14.7 Å². The van der Waals surface area contributed by atoms with Crippen LogP contribution in [0.3, 0.4) is 0 Å². The number of likely N-dealkylation sites (tertiary alicyclic amines) is 2. The second-order valence-electron chi connectivity index (χ2n) is 15.5. The van der Waals surface area contributed by atoms with E-state index in [0.717, 1.165) is 106 Å². The summed E-state index contributed by atoms with van der Waals surface area (Å²) in [7, 11) is 0. The highest BCUT2D eigenvalue weighted by Crippen LogP contribution is 2.17. The molecule has 2 aliphatic heterocycles. The first kappa shape index (κ1) is 48.3. The van der Waals surface area contributed by atoms with Gasteiger partial charge in [-0.05, 0) is 157 Å². The van der Waals surface area contributed by atoms with Crippen LogP contribution < -0.4 is 14.2 Å². The number of aldehydes is 1. The molecule has 0 aromatic heterocycles. The third-order valence-electron chi connectivity index (χ3n) is 10.6. The highest BCUT2D eigenvalue weighted by atomic mass is 16.5. The molecule has 58 heavy (non-hydrogen) atoms. The van der Waals surface area contributed by atoms with Gasteiger partial charge >= 0.3 is 0 Å². The molecule has 5 rings (SSSR count). The zero-order valence-corrected chi connectivity index (χ0v) is 36.4. The lowest BCUT2D eigenvalue weighted by molar-refractivity contribution is 0.0938. The van der Waals surface area contributed by atoms with E-state index in [1.807, 2.05) is 81.4 Å². The number of ether oxygens (including phenoxy) is 3. The van der Waals surface area contributed by atoms with Gasteiger partial charge in [0.15, 0.2) is 11.6 Å². The summed E-state index contributed by atoms with van der Waals surface area (Å²) in [6.45, 7) is 22.8. The van der Waals surface area contributed by atoms with Crippen LogP contribution in [0, 0.1) is 5.92 Å². The summed E-state index contributed by atoms with van der Waals surface area (Å²) in [6, 6.07) is 22.2. The maximum absolute atomic E-state index is 11.8. The third-order valence-corrected chi connectivity index (χ3v) is 10.6. The number of ketones is 2. The summed E-state index contributed by atoms with van der Waals surface area (Å²) in [5.74, 6) is 2.95. The van der Waals surface area contributed by atoms with Crippen LogP contribution in [-0.4, -0.2) is 111 Å². The predicted octanol–water partition coefficient (Wildman–Crippen LogP) is 9.92. The van der Waals surface area contributed by atoms with Gasteiger partial charge in [0.25, 0.3) is 0 Å². The summed E-state index contributed by atoms with van der Waals surface area (Å²) in [4.78, 5) is 41.3. The zero-order chi connectivity index (χ0) is 41.8. The standard InChI is InChI=1S/C18H27NO2.C16H25NO2.C15H21NO2/c1-15(2)18(20)16-7-9-17(10-8-16)21-14-6-13-19-11-4-3-5-12-19;1-4-16(18)14-8-10-15(11-9-14)19-13-7-12-17(5-2)6-3;17-13-14-5-7-15(8-6-14)18-12-4-11-16-9-2-1-3-10-16/h7-10,15H,3-6,11-14H2,1-2H3;8-11H,4-7,12-13H2,1-3H3;5-8,13H,1-4,9-12H2. The molecule has 0 N–H and O–H groups in total. The summed E-state index contributed by atoms with van der Waals surface area (Å²) in [6.07, 6.45) is 12.7. The van der Waals surface area contributed by atoms with E-state index in [0.29, 0.717) is 12.0 Å². The molecular formula is C49H73N3O6. The molecule has 0 radical (unpaired) electrons. The molecule has 0 bridgehead atoms. The molecule has 2 heterocycles. The Hall–Kier alpha value is -4.05. The van der Waals surface area contributed by atoms with E-state index in [4.69, 9.17) is 14.2 Å². The molecule has 320 valence electrons. The maximum Gasteiger partial charge on any atom is 0.165 e. The van der Waals surface area contributed by atoms with Crippen LogP contribution in [0.5, 0.6) is 17.2 Å². The second-order valence-corrected chi connectivity index (χ2v) is 15.5. The number of rotatable bonds is 22. The van der Waals surface area contributed by atoms with Crippen molar-refractivity contribution in [2.45, 2.75) is 98.8 Å². The van der Waals surface area contributed by atoms with Crippen molar-refractivity contribution in [3.05, 3.63) is 89.5 Å². The average Bonchev–Trinajstić information content (AvgIpc) is 3.28. The number of Topliss-reactive ketones (excluding diaryl/α,β-unsaturated/α-hetero) is 2. The fraction of sp³-hybridized carbons (Fsp3) is 0.571. The highest BCUT2D eigenvalue weighted by Gasteiger charge is 2.12. The van der Waals surface area contributed by atoms with Crippen molar-refractivity contribution in [2.75, 3.05) is 78.7 Å². The van der Waals surface area contributed by atoms with Crippen LogP contribution in [-0.2, 0) is 0 Å². The van der Waals surface area contributed by atoms with Gasteiger partial charge in [0.05, 0.1) is 19.8 Å². The normalized spacial score (nSPS) is 14.5. The quantitative estimate of drug-likeness (QED) is 0.0560. The first-order valence-electron chi connectivity index (χ1n) is 22.1. The van der Waals surface area contributed by atoms with Crippen LogP contribution in [0.1, 0.15) is 130 Å². The van der Waals surface area contributed by atoms with Gasteiger partial charge in [-0.3, -0.25) is 14.4 Å². The third kappa shape index (κ3) is 19.6. The number of nitrogens with zero attached hydrogens (tertiary/aromatic N) is 3. The van der Waals surface area contributed by atoms with Crippen molar-refractivity contribution < 1.29 is 28.6 Å². The van der Waals surface area contributed by atoms with Crippen molar-refractivity contribution in [1.29, 1.82) is 0 Å². The van der Waals surface area contributed by atoms with Gasteiger partial charge < -0.3 is 28.9 Å². The van der Waals surface area contributed by atoms with Gasteiger partial charge in [0.1, 0.15) is 23.5 Å². The van der Waals surface area contributed by atoms with Gasteiger partial charge in [-0.2, -0.15) is 0 Å². The molecule has 0 amide bonds. The lowest BCUT2D eigenvalue weighted by Gasteiger charge is -2.26. The van der Waals surface area contributed by atoms with Gasteiger partial charge in [0, 0.05) is 48.7 Å². The van der Waals surface area contributed by atoms with E-state index in [9.17, 15) is 14.4 Å². The Kier molecular flexibility index (Phi) is 24.3. The summed E-state index contributed by atoms with van der Waals surface area (Å²) in [5.41, 5.74) is 2.22. The van der Waals surface area contributed by atoms with Crippen molar-refractivity contribution >= 4 is 17.9 Å². The largest absolute Gasteiger partial charge is 0.494 e. The lowest BCUT2D eigenvalue weighted by Crippen LogP contribution is -2.31. The fourth-order valence-electron chi connectivity index (χ4n) is 6.97. The molecule has 9 heteroatoms. The fourth-order valence-corrected chi connectivity index (χ4v) is 6.97. The molecule has 0 atom stereocenters. The summed E-state index contributed by atoms with van der Waals surface area (Å²) < 4.78 is 17.1. The van der Waals surface area contributed by atoms with E-state index in [1.54, 1.807) is 12.1 Å².